The normalized spacial score (nSPS) is 11.6. The maximum Gasteiger partial charge on any atom is 0.339 e. The third-order valence-corrected chi connectivity index (χ3v) is 3.37. The van der Waals surface area contributed by atoms with Crippen LogP contribution in [0.3, 0.4) is 0 Å². The second kappa shape index (κ2) is 7.60. The summed E-state index contributed by atoms with van der Waals surface area (Å²) >= 11 is 5.81. The number of nitrogens with zero attached hydrogens (tertiary/aromatic N) is 1. The van der Waals surface area contributed by atoms with Crippen molar-refractivity contribution >= 4 is 23.5 Å². The largest absolute Gasteiger partial charge is 0.619 e. The fraction of sp³-hybridized carbons (Fsp3) is 0.188. The molecule has 1 amide bonds. The van der Waals surface area contributed by atoms with Crippen LogP contribution in [0.5, 0.6) is 0 Å². The van der Waals surface area contributed by atoms with Crippen molar-refractivity contribution in [1.29, 1.82) is 0 Å². The quantitative estimate of drug-likeness (QED) is 0.515. The van der Waals surface area contributed by atoms with Gasteiger partial charge < -0.3 is 15.3 Å². The molecule has 0 aliphatic heterocycles. The van der Waals surface area contributed by atoms with Crippen molar-refractivity contribution in [3.63, 3.8) is 0 Å². The van der Waals surface area contributed by atoms with Crippen LogP contribution in [-0.2, 0) is 9.53 Å². The summed E-state index contributed by atoms with van der Waals surface area (Å²) in [6.07, 6.45) is 2.36. The number of rotatable bonds is 5. The molecule has 0 fully saturated rings. The summed E-state index contributed by atoms with van der Waals surface area (Å²) in [7, 11) is 0. The van der Waals surface area contributed by atoms with Crippen LogP contribution >= 0.6 is 11.6 Å². The Bertz CT molecular complexity index is 686. The highest BCUT2D eigenvalue weighted by atomic mass is 35.5. The third kappa shape index (κ3) is 4.96. The summed E-state index contributed by atoms with van der Waals surface area (Å²) in [5.41, 5.74) is 1.09. The summed E-state index contributed by atoms with van der Waals surface area (Å²) in [5.74, 6) is -1.09. The van der Waals surface area contributed by atoms with Crippen LogP contribution in [0.2, 0.25) is 5.02 Å². The average molecular weight is 335 g/mol. The van der Waals surface area contributed by atoms with Gasteiger partial charge in [0.25, 0.3) is 5.91 Å². The lowest BCUT2D eigenvalue weighted by atomic mass is 10.1. The zero-order chi connectivity index (χ0) is 16.8. The number of esters is 1. The molecule has 1 N–H and O–H groups in total. The van der Waals surface area contributed by atoms with Crippen LogP contribution < -0.4 is 10.0 Å². The van der Waals surface area contributed by atoms with Crippen molar-refractivity contribution in [1.82, 2.24) is 5.32 Å². The number of ether oxygens (including phenoxy) is 1. The first-order valence-corrected chi connectivity index (χ1v) is 7.24. The Morgan fingerprint density at radius 2 is 1.83 bits per heavy atom. The van der Waals surface area contributed by atoms with Gasteiger partial charge in [-0.15, -0.1) is 0 Å². The number of pyridine rings is 1. The summed E-state index contributed by atoms with van der Waals surface area (Å²) < 4.78 is 5.46. The van der Waals surface area contributed by atoms with Gasteiger partial charge in [-0.2, -0.15) is 4.73 Å². The molecule has 1 atom stereocenters. The number of carbonyl (C=O) groups excluding carboxylic acids is 2. The molecule has 0 aliphatic carbocycles. The number of hydrogen-bond acceptors (Lipinski definition) is 4. The predicted octanol–water partition coefficient (Wildman–Crippen LogP) is 2.01. The Balaban J connectivity index is 1.83. The zero-order valence-corrected chi connectivity index (χ0v) is 13.1. The van der Waals surface area contributed by atoms with Gasteiger partial charge in [0.2, 0.25) is 0 Å². The molecule has 0 saturated heterocycles. The molecule has 0 aliphatic rings. The average Bonchev–Trinajstić information content (AvgIpc) is 2.54. The Morgan fingerprint density at radius 3 is 2.43 bits per heavy atom. The molecule has 0 bridgehead atoms. The van der Waals surface area contributed by atoms with Gasteiger partial charge in [0.05, 0.1) is 11.6 Å². The number of halogens is 1. The topological polar surface area (TPSA) is 82.3 Å². The molecular formula is C16H15ClN2O4. The SMILES string of the molecule is C[C@@H](NC(=O)COC(=O)c1cc[n+]([O-])cc1)c1ccc(Cl)cc1. The van der Waals surface area contributed by atoms with E-state index in [2.05, 4.69) is 5.32 Å². The second-order valence-electron chi connectivity index (χ2n) is 4.86. The molecule has 1 aromatic carbocycles. The highest BCUT2D eigenvalue weighted by molar-refractivity contribution is 6.30. The first kappa shape index (κ1) is 16.8. The van der Waals surface area contributed by atoms with E-state index in [0.29, 0.717) is 9.75 Å². The number of nitrogens with one attached hydrogen (secondary N) is 1. The molecule has 0 spiro atoms. The molecule has 2 aromatic rings. The summed E-state index contributed by atoms with van der Waals surface area (Å²) in [5, 5.41) is 14.2. The van der Waals surface area contributed by atoms with Crippen molar-refractivity contribution in [3.05, 3.63) is 70.1 Å². The number of benzene rings is 1. The minimum Gasteiger partial charge on any atom is -0.619 e. The Kier molecular flexibility index (Phi) is 5.54. The standard InChI is InChI=1S/C16H15ClN2O4/c1-11(12-2-4-14(17)5-3-12)18-15(20)10-23-16(21)13-6-8-19(22)9-7-13/h2-9,11H,10H2,1H3,(H,18,20)/t11-/m1/s1. The van der Waals surface area contributed by atoms with Gasteiger partial charge in [0.15, 0.2) is 19.0 Å². The monoisotopic (exact) mass is 334 g/mol. The molecule has 120 valence electrons. The fourth-order valence-corrected chi connectivity index (χ4v) is 2.01. The van der Waals surface area contributed by atoms with Crippen LogP contribution in [0.4, 0.5) is 0 Å². The van der Waals surface area contributed by atoms with E-state index in [1.165, 1.54) is 24.5 Å². The highest BCUT2D eigenvalue weighted by Crippen LogP contribution is 2.15. The van der Waals surface area contributed by atoms with Crippen molar-refractivity contribution in [2.45, 2.75) is 13.0 Å². The predicted molar refractivity (Wildman–Crippen MR) is 83.7 cm³/mol. The Labute approximate surface area is 138 Å². The molecule has 6 nitrogen and oxygen atoms in total. The molecule has 7 heteroatoms. The molecule has 1 aromatic heterocycles. The maximum absolute atomic E-state index is 11.8. The molecule has 0 saturated carbocycles. The van der Waals surface area contributed by atoms with Crippen LogP contribution in [0.25, 0.3) is 0 Å². The minimum atomic E-state index is -0.667. The van der Waals surface area contributed by atoms with Crippen LogP contribution in [0, 0.1) is 5.21 Å². The van der Waals surface area contributed by atoms with Gasteiger partial charge >= 0.3 is 5.97 Å². The van der Waals surface area contributed by atoms with Gasteiger partial charge in [-0.3, -0.25) is 4.79 Å². The second-order valence-corrected chi connectivity index (χ2v) is 5.30. The van der Waals surface area contributed by atoms with Gasteiger partial charge in [0.1, 0.15) is 0 Å². The first-order chi connectivity index (χ1) is 11.0. The van der Waals surface area contributed by atoms with Crippen LogP contribution in [0.15, 0.2) is 48.8 Å². The summed E-state index contributed by atoms with van der Waals surface area (Å²) in [6.45, 7) is 1.41. The van der Waals surface area contributed by atoms with Crippen LogP contribution in [-0.4, -0.2) is 18.5 Å². The lowest BCUT2D eigenvalue weighted by Gasteiger charge is -2.14. The van der Waals surface area contributed by atoms with Gasteiger partial charge in [-0.05, 0) is 24.6 Å². The van der Waals surface area contributed by atoms with Crippen molar-refractivity contribution in [2.75, 3.05) is 6.61 Å². The number of carbonyl (C=O) groups is 2. The highest BCUT2D eigenvalue weighted by Gasteiger charge is 2.13. The van der Waals surface area contributed by atoms with E-state index in [4.69, 9.17) is 16.3 Å². The number of hydrogen-bond donors (Lipinski definition) is 1. The van der Waals surface area contributed by atoms with E-state index in [1.807, 2.05) is 6.92 Å². The van der Waals surface area contributed by atoms with E-state index in [1.54, 1.807) is 24.3 Å². The molecule has 0 unspecified atom stereocenters. The van der Waals surface area contributed by atoms with Crippen LogP contribution in [0.1, 0.15) is 28.9 Å². The minimum absolute atomic E-state index is 0.204. The Hall–Kier alpha value is -2.60. The molecule has 0 radical (unpaired) electrons. The van der Waals surface area contributed by atoms with Gasteiger partial charge in [-0.1, -0.05) is 23.7 Å². The lowest BCUT2D eigenvalue weighted by Crippen LogP contribution is -2.31. The van der Waals surface area contributed by atoms with Crippen molar-refractivity contribution in [2.24, 2.45) is 0 Å². The Morgan fingerprint density at radius 1 is 1.22 bits per heavy atom. The molecule has 2 rings (SSSR count). The van der Waals surface area contributed by atoms with E-state index in [9.17, 15) is 14.8 Å². The lowest BCUT2D eigenvalue weighted by molar-refractivity contribution is -0.605. The maximum atomic E-state index is 11.8. The number of amides is 1. The number of aromatic nitrogens is 1. The summed E-state index contributed by atoms with van der Waals surface area (Å²) in [6, 6.07) is 9.49. The smallest absolute Gasteiger partial charge is 0.339 e. The van der Waals surface area contributed by atoms with E-state index < -0.39 is 18.5 Å². The molecular weight excluding hydrogens is 320 g/mol. The first-order valence-electron chi connectivity index (χ1n) is 6.86. The summed E-state index contributed by atoms with van der Waals surface area (Å²) in [4.78, 5) is 23.5. The van der Waals surface area contributed by atoms with Crippen molar-refractivity contribution < 1.29 is 19.1 Å². The van der Waals surface area contributed by atoms with E-state index >= 15 is 0 Å². The van der Waals surface area contributed by atoms with E-state index in [-0.39, 0.29) is 11.6 Å². The third-order valence-electron chi connectivity index (χ3n) is 3.12. The molecule has 23 heavy (non-hydrogen) atoms. The fourth-order valence-electron chi connectivity index (χ4n) is 1.88. The van der Waals surface area contributed by atoms with Gasteiger partial charge in [-0.25, -0.2) is 4.79 Å². The zero-order valence-electron chi connectivity index (χ0n) is 12.4. The van der Waals surface area contributed by atoms with Gasteiger partial charge in [0, 0.05) is 17.2 Å². The molecule has 1 heterocycles. The van der Waals surface area contributed by atoms with E-state index in [0.717, 1.165) is 5.56 Å². The van der Waals surface area contributed by atoms with Crippen molar-refractivity contribution in [3.8, 4) is 0 Å².